The number of halogens is 12. The van der Waals surface area contributed by atoms with E-state index in [1.165, 1.54) is 36.8 Å². The third kappa shape index (κ3) is 17.3. The molecule has 28 heteroatoms. The van der Waals surface area contributed by atoms with Crippen LogP contribution in [0.5, 0.6) is 0 Å². The number of fused-ring (bicyclic) bond motifs is 1. The van der Waals surface area contributed by atoms with Crippen LogP contribution in [0.1, 0.15) is 43.7 Å². The van der Waals surface area contributed by atoms with Gasteiger partial charge in [0.15, 0.2) is 0 Å². The molecular formula is C27H32Br2ClF9N2O9S3ScSi. The van der Waals surface area contributed by atoms with Gasteiger partial charge in [-0.25, -0.2) is 0 Å². The molecule has 1 radical (unpaired) electrons. The van der Waals surface area contributed by atoms with Crippen molar-refractivity contribution in [3.63, 3.8) is 0 Å². The van der Waals surface area contributed by atoms with Crippen molar-refractivity contribution in [2.45, 2.75) is 80.3 Å². The van der Waals surface area contributed by atoms with Crippen LogP contribution in [0.3, 0.4) is 0 Å². The average Bonchev–Trinajstić information content (AvgIpc) is 3.23. The minimum absolute atomic E-state index is 0. The molecule has 2 atom stereocenters. The predicted octanol–water partition coefficient (Wildman–Crippen LogP) is 8.77. The van der Waals surface area contributed by atoms with E-state index in [4.69, 9.17) is 50.0 Å². The molecule has 1 saturated carbocycles. The molecule has 4 rings (SSSR count). The van der Waals surface area contributed by atoms with Crippen LogP contribution in [0.2, 0.25) is 6.04 Å². The largest absolute Gasteiger partial charge is 0.522 e. The molecule has 313 valence electrons. The van der Waals surface area contributed by atoms with Gasteiger partial charge in [0, 0.05) is 66.0 Å². The fourth-order valence-corrected chi connectivity index (χ4v) is 10.8. The summed E-state index contributed by atoms with van der Waals surface area (Å²) in [5, 5.41) is 0. The summed E-state index contributed by atoms with van der Waals surface area (Å²) in [5.74, 6) is 0. The number of hydrogen-bond donors (Lipinski definition) is 3. The second-order valence-corrected chi connectivity index (χ2v) is 22.1. The summed E-state index contributed by atoms with van der Waals surface area (Å²) in [4.78, 5) is 0. The molecule has 1 heterocycles. The fraction of sp³-hybridized carbons (Fsp3) is 0.481. The van der Waals surface area contributed by atoms with Crippen molar-refractivity contribution in [1.82, 2.24) is 9.13 Å². The van der Waals surface area contributed by atoms with Gasteiger partial charge in [-0.3, -0.25) is 22.8 Å². The maximum atomic E-state index is 10.7. The van der Waals surface area contributed by atoms with Crippen LogP contribution in [0.15, 0.2) is 69.6 Å². The van der Waals surface area contributed by atoms with E-state index < -0.39 is 54.6 Å². The third-order valence-corrected chi connectivity index (χ3v) is 15.5. The van der Waals surface area contributed by atoms with E-state index in [0.717, 1.165) is 28.1 Å². The molecule has 1 saturated heterocycles. The Bertz CT molecular complexity index is 1720. The number of rotatable bonds is 6. The van der Waals surface area contributed by atoms with Gasteiger partial charge in [0.25, 0.3) is 0 Å². The molecule has 0 unspecified atom stereocenters. The summed E-state index contributed by atoms with van der Waals surface area (Å²) in [7, 11) is -19.9. The molecule has 55 heavy (non-hydrogen) atoms. The first-order chi connectivity index (χ1) is 24.3. The summed E-state index contributed by atoms with van der Waals surface area (Å²) in [6.07, 6.45) is 9.60. The Hall–Kier alpha value is -0.463. The molecule has 2 aliphatic rings. The molecule has 0 spiro atoms. The Morgan fingerprint density at radius 1 is 0.673 bits per heavy atom. The first-order valence-electron chi connectivity index (χ1n) is 14.7. The summed E-state index contributed by atoms with van der Waals surface area (Å²) < 4.78 is 180. The standard InChI is InChI=1S/C24H29Br2ClN2Si.3CHF3O3S.Sc/c1-2-3-16-30(27)28(17-19-8-12-21(25)13-9-19)23-6-4-5-7-24(23)29(30)18-20-10-14-22(26)15-11-20;3*2-1(3,4)8(5,6)7;/h2-3,8-15,23-24H,4-7,16-18H2,1H3;3*(H,5,6,7);/b3-2-;;;;/t23-,24-;;;;/m0..../s1. The van der Waals surface area contributed by atoms with Gasteiger partial charge in [-0.2, -0.15) is 64.8 Å². The minimum atomic E-state index is -5.84. The normalized spacial score (nSPS) is 19.4. The van der Waals surface area contributed by atoms with Gasteiger partial charge in [0.2, 0.25) is 0 Å². The van der Waals surface area contributed by atoms with Crippen molar-refractivity contribution in [3.8, 4) is 0 Å². The van der Waals surface area contributed by atoms with Gasteiger partial charge in [-0.15, -0.1) is 11.1 Å². The molecule has 11 nitrogen and oxygen atoms in total. The molecule has 3 N–H and O–H groups in total. The predicted molar refractivity (Wildman–Crippen MR) is 189 cm³/mol. The van der Waals surface area contributed by atoms with Crippen LogP contribution in [0.25, 0.3) is 0 Å². The molecule has 2 fully saturated rings. The summed E-state index contributed by atoms with van der Waals surface area (Å²) >= 11 is 14.9. The van der Waals surface area contributed by atoms with E-state index in [2.05, 4.69) is 109 Å². The van der Waals surface area contributed by atoms with Gasteiger partial charge in [0.05, 0.1) is 0 Å². The molecule has 1 aliphatic heterocycles. The molecule has 2 aromatic rings. The number of nitrogens with zero attached hydrogens (tertiary/aromatic N) is 2. The van der Waals surface area contributed by atoms with Crippen LogP contribution in [0.4, 0.5) is 39.5 Å². The maximum absolute atomic E-state index is 10.7. The van der Waals surface area contributed by atoms with Gasteiger partial charge < -0.3 is 0 Å². The van der Waals surface area contributed by atoms with E-state index in [1.807, 2.05) is 0 Å². The molecule has 0 bridgehead atoms. The van der Waals surface area contributed by atoms with E-state index in [0.29, 0.717) is 12.1 Å². The summed E-state index contributed by atoms with van der Waals surface area (Å²) in [6.45, 7) is 3.99. The summed E-state index contributed by atoms with van der Waals surface area (Å²) in [5.41, 5.74) is -13.9. The second kappa shape index (κ2) is 21.7. The molecule has 0 aromatic heterocycles. The van der Waals surface area contributed by atoms with Gasteiger partial charge in [-0.1, -0.05) is 81.1 Å². The van der Waals surface area contributed by atoms with Crippen molar-refractivity contribution in [2.75, 3.05) is 0 Å². The Kier molecular flexibility index (Phi) is 21.5. The SMILES string of the molecule is C/C=C\C[Si]1(Cl)N(Cc2ccc(Br)cc2)[C@H]2CCCC[C@@H]2N1Cc1ccc(Br)cc1.O=S(=O)(O)C(F)(F)F.O=S(=O)(O)C(F)(F)F.O=S(=O)(O)C(F)(F)F.[Sc]. The topological polar surface area (TPSA) is 170 Å². The second-order valence-electron chi connectivity index (χ2n) is 11.2. The zero-order chi connectivity index (χ0) is 42.1. The number of allylic oxidation sites excluding steroid dienone is 2. The van der Waals surface area contributed by atoms with Crippen molar-refractivity contribution in [1.29, 1.82) is 0 Å². The Balaban J connectivity index is 0.000000954. The Labute approximate surface area is 352 Å². The van der Waals surface area contributed by atoms with E-state index in [1.54, 1.807) is 0 Å². The van der Waals surface area contributed by atoms with Gasteiger partial charge in [-0.05, 0) is 55.2 Å². The number of alkyl halides is 9. The first-order valence-corrected chi connectivity index (χ1v) is 23.7. The molecule has 1 aliphatic carbocycles. The molecule has 2 aromatic carbocycles. The maximum Gasteiger partial charge on any atom is 0.522 e. The van der Waals surface area contributed by atoms with Crippen LogP contribution in [-0.2, 0) is 69.3 Å². The van der Waals surface area contributed by atoms with Crippen molar-refractivity contribution >= 4 is 81.0 Å². The first kappa shape index (κ1) is 54.5. The van der Waals surface area contributed by atoms with Crippen LogP contribution >= 0.6 is 42.9 Å². The fourth-order valence-electron chi connectivity index (χ4n) is 5.04. The minimum Gasteiger partial charge on any atom is -0.291 e. The van der Waals surface area contributed by atoms with Gasteiger partial charge in [0.1, 0.15) is 0 Å². The number of hydrogen-bond acceptors (Lipinski definition) is 8. The van der Waals surface area contributed by atoms with Crippen molar-refractivity contribution in [3.05, 3.63) is 80.8 Å². The zero-order valence-corrected chi connectivity index (χ0v) is 37.1. The van der Waals surface area contributed by atoms with Crippen molar-refractivity contribution < 1.29 is 104 Å². The quantitative estimate of drug-likeness (QED) is 0.0632. The van der Waals surface area contributed by atoms with E-state index >= 15 is 0 Å². The van der Waals surface area contributed by atoms with Crippen molar-refractivity contribution in [2.24, 2.45) is 0 Å². The van der Waals surface area contributed by atoms with Crippen LogP contribution < -0.4 is 0 Å². The van der Waals surface area contributed by atoms with Gasteiger partial charge >= 0.3 is 54.6 Å². The monoisotopic (exact) mass is 1060 g/mol. The van der Waals surface area contributed by atoms with E-state index in [9.17, 15) is 39.5 Å². The van der Waals surface area contributed by atoms with Crippen LogP contribution in [0, 0.1) is 0 Å². The van der Waals surface area contributed by atoms with E-state index in [-0.39, 0.29) is 25.8 Å². The third-order valence-electron chi connectivity index (χ3n) is 7.40. The smallest absolute Gasteiger partial charge is 0.291 e. The molecule has 0 amide bonds. The number of benzene rings is 2. The zero-order valence-electron chi connectivity index (χ0n) is 27.9. The molecular weight excluding hydrogens is 1030 g/mol. The Morgan fingerprint density at radius 2 is 0.927 bits per heavy atom. The Morgan fingerprint density at radius 3 is 1.15 bits per heavy atom. The summed E-state index contributed by atoms with van der Waals surface area (Å²) in [6, 6.07) is 19.6. The van der Waals surface area contributed by atoms with Crippen LogP contribution in [-0.4, -0.2) is 84.4 Å². The average molecular weight is 1060 g/mol.